The highest BCUT2D eigenvalue weighted by Crippen LogP contribution is 2.25. The van der Waals surface area contributed by atoms with Gasteiger partial charge in [-0.25, -0.2) is 4.79 Å². The van der Waals surface area contributed by atoms with E-state index in [0.717, 1.165) is 9.80 Å². The van der Waals surface area contributed by atoms with Crippen LogP contribution >= 0.6 is 11.8 Å². The molecule has 2 N–H and O–H groups in total. The number of rotatable bonds is 6. The average molecular weight is 335 g/mol. The third kappa shape index (κ3) is 3.50. The number of carbonyl (C=O) groups excluding carboxylic acids is 3. The molecule has 0 saturated carbocycles. The lowest BCUT2D eigenvalue weighted by Crippen LogP contribution is -2.46. The van der Waals surface area contributed by atoms with Gasteiger partial charge in [0.1, 0.15) is 12.1 Å². The van der Waals surface area contributed by atoms with Gasteiger partial charge in [0.15, 0.2) is 0 Å². The van der Waals surface area contributed by atoms with Gasteiger partial charge in [0.05, 0.1) is 0 Å². The summed E-state index contributed by atoms with van der Waals surface area (Å²) in [6.07, 6.45) is 2.95. The third-order valence-corrected chi connectivity index (χ3v) is 4.83. The molecule has 1 heterocycles. The van der Waals surface area contributed by atoms with E-state index in [-0.39, 0.29) is 12.5 Å². The van der Waals surface area contributed by atoms with Gasteiger partial charge in [-0.3, -0.25) is 14.5 Å². The Morgan fingerprint density at radius 3 is 2.57 bits per heavy atom. The van der Waals surface area contributed by atoms with Gasteiger partial charge in [-0.1, -0.05) is 19.9 Å². The molecule has 23 heavy (non-hydrogen) atoms. The zero-order valence-electron chi connectivity index (χ0n) is 13.5. The van der Waals surface area contributed by atoms with Crippen molar-refractivity contribution in [3.63, 3.8) is 0 Å². The highest BCUT2D eigenvalue weighted by atomic mass is 32.2. The standard InChI is InChI=1S/C16H21N3O3S/c1-4-16(5-2)14(21)19(15(22)18-16)10-13(20)17-11-7-6-8-12(9-11)23-3/h6-9H,4-5,10H2,1-3H3,(H,17,20)(H,18,22). The molecule has 1 aromatic rings. The maximum Gasteiger partial charge on any atom is 0.325 e. The van der Waals surface area contributed by atoms with Crippen molar-refractivity contribution in [3.8, 4) is 0 Å². The van der Waals surface area contributed by atoms with E-state index in [1.54, 1.807) is 17.8 Å². The molecule has 124 valence electrons. The first-order chi connectivity index (χ1) is 11.0. The minimum Gasteiger partial charge on any atom is -0.324 e. The highest BCUT2D eigenvalue weighted by Gasteiger charge is 2.49. The minimum absolute atomic E-state index is 0.282. The molecule has 0 aliphatic carbocycles. The van der Waals surface area contributed by atoms with Crippen molar-refractivity contribution < 1.29 is 14.4 Å². The minimum atomic E-state index is -0.879. The predicted octanol–water partition coefficient (Wildman–Crippen LogP) is 2.46. The first kappa shape index (κ1) is 17.3. The fourth-order valence-electron chi connectivity index (χ4n) is 2.59. The van der Waals surface area contributed by atoms with Crippen LogP contribution in [0.1, 0.15) is 26.7 Å². The van der Waals surface area contributed by atoms with Gasteiger partial charge in [-0.2, -0.15) is 0 Å². The average Bonchev–Trinajstić information content (AvgIpc) is 2.79. The zero-order valence-corrected chi connectivity index (χ0v) is 14.3. The van der Waals surface area contributed by atoms with Crippen LogP contribution in [0.3, 0.4) is 0 Å². The van der Waals surface area contributed by atoms with Crippen molar-refractivity contribution in [1.82, 2.24) is 10.2 Å². The number of anilines is 1. The molecule has 0 atom stereocenters. The molecule has 0 bridgehead atoms. The normalized spacial score (nSPS) is 16.4. The topological polar surface area (TPSA) is 78.5 Å². The van der Waals surface area contributed by atoms with Gasteiger partial charge in [-0.15, -0.1) is 11.8 Å². The van der Waals surface area contributed by atoms with Crippen LogP contribution in [0, 0.1) is 0 Å². The molecular formula is C16H21N3O3S. The molecule has 0 unspecified atom stereocenters. The van der Waals surface area contributed by atoms with E-state index >= 15 is 0 Å². The van der Waals surface area contributed by atoms with Crippen LogP contribution in [0.25, 0.3) is 0 Å². The Kier molecular flexibility index (Phi) is 5.30. The number of hydrogen-bond acceptors (Lipinski definition) is 4. The number of urea groups is 1. The Morgan fingerprint density at radius 2 is 2.00 bits per heavy atom. The fraction of sp³-hybridized carbons (Fsp3) is 0.438. The summed E-state index contributed by atoms with van der Waals surface area (Å²) < 4.78 is 0. The zero-order chi connectivity index (χ0) is 17.0. The Bertz CT molecular complexity index is 629. The van der Waals surface area contributed by atoms with E-state index in [2.05, 4.69) is 10.6 Å². The maximum atomic E-state index is 12.4. The molecule has 6 nitrogen and oxygen atoms in total. The Labute approximate surface area is 140 Å². The Balaban J connectivity index is 2.05. The molecule has 0 radical (unpaired) electrons. The molecule has 4 amide bonds. The Morgan fingerprint density at radius 1 is 1.30 bits per heavy atom. The molecule has 1 aliphatic heterocycles. The number of nitrogens with zero attached hydrogens (tertiary/aromatic N) is 1. The van der Waals surface area contributed by atoms with Gasteiger partial charge in [-0.05, 0) is 37.3 Å². The summed E-state index contributed by atoms with van der Waals surface area (Å²) in [4.78, 5) is 38.6. The maximum absolute atomic E-state index is 12.4. The molecule has 7 heteroatoms. The smallest absolute Gasteiger partial charge is 0.324 e. The van der Waals surface area contributed by atoms with Crippen molar-refractivity contribution in [2.24, 2.45) is 0 Å². The second kappa shape index (κ2) is 7.04. The van der Waals surface area contributed by atoms with Crippen LogP contribution in [-0.4, -0.2) is 41.1 Å². The van der Waals surface area contributed by atoms with Crippen molar-refractivity contribution in [2.45, 2.75) is 37.1 Å². The second-order valence-electron chi connectivity index (χ2n) is 5.39. The van der Waals surface area contributed by atoms with E-state index in [1.807, 2.05) is 38.3 Å². The lowest BCUT2D eigenvalue weighted by molar-refractivity contribution is -0.134. The molecule has 2 rings (SSSR count). The van der Waals surface area contributed by atoms with Gasteiger partial charge in [0.2, 0.25) is 5.91 Å². The molecule has 0 spiro atoms. The van der Waals surface area contributed by atoms with E-state index in [9.17, 15) is 14.4 Å². The molecule has 1 aromatic carbocycles. The van der Waals surface area contributed by atoms with Crippen LogP contribution in [0.15, 0.2) is 29.2 Å². The number of thioether (sulfide) groups is 1. The van der Waals surface area contributed by atoms with Crippen molar-refractivity contribution in [1.29, 1.82) is 0 Å². The number of amides is 4. The highest BCUT2D eigenvalue weighted by molar-refractivity contribution is 7.98. The predicted molar refractivity (Wildman–Crippen MR) is 90.4 cm³/mol. The van der Waals surface area contributed by atoms with E-state index in [1.165, 1.54) is 0 Å². The number of carbonyl (C=O) groups is 3. The van der Waals surface area contributed by atoms with Gasteiger partial charge in [0, 0.05) is 10.6 Å². The number of hydrogen-bond donors (Lipinski definition) is 2. The van der Waals surface area contributed by atoms with Crippen LogP contribution in [-0.2, 0) is 9.59 Å². The first-order valence-corrected chi connectivity index (χ1v) is 8.76. The largest absolute Gasteiger partial charge is 0.325 e. The van der Waals surface area contributed by atoms with Gasteiger partial charge in [0.25, 0.3) is 5.91 Å². The third-order valence-electron chi connectivity index (χ3n) is 4.11. The second-order valence-corrected chi connectivity index (χ2v) is 6.27. The number of nitrogens with one attached hydrogen (secondary N) is 2. The lowest BCUT2D eigenvalue weighted by Gasteiger charge is -2.23. The molecule has 1 fully saturated rings. The van der Waals surface area contributed by atoms with Gasteiger partial charge < -0.3 is 10.6 Å². The van der Waals surface area contributed by atoms with Crippen molar-refractivity contribution in [2.75, 3.05) is 18.1 Å². The van der Waals surface area contributed by atoms with E-state index in [4.69, 9.17) is 0 Å². The number of imide groups is 1. The van der Waals surface area contributed by atoms with E-state index in [0.29, 0.717) is 18.5 Å². The molecule has 1 aliphatic rings. The van der Waals surface area contributed by atoms with Crippen LogP contribution in [0.5, 0.6) is 0 Å². The molecular weight excluding hydrogens is 314 g/mol. The van der Waals surface area contributed by atoms with Crippen LogP contribution in [0.4, 0.5) is 10.5 Å². The van der Waals surface area contributed by atoms with Gasteiger partial charge >= 0.3 is 6.03 Å². The summed E-state index contributed by atoms with van der Waals surface area (Å²) in [6, 6.07) is 6.89. The van der Waals surface area contributed by atoms with Crippen molar-refractivity contribution in [3.05, 3.63) is 24.3 Å². The van der Waals surface area contributed by atoms with E-state index < -0.39 is 17.5 Å². The Hall–Kier alpha value is -2.02. The number of benzene rings is 1. The quantitative estimate of drug-likeness (QED) is 0.618. The molecule has 1 saturated heterocycles. The summed E-state index contributed by atoms with van der Waals surface area (Å²) in [5.41, 5.74) is -0.234. The summed E-state index contributed by atoms with van der Waals surface area (Å²) in [6.45, 7) is 3.41. The monoisotopic (exact) mass is 335 g/mol. The molecule has 0 aromatic heterocycles. The fourth-order valence-corrected chi connectivity index (χ4v) is 3.05. The summed E-state index contributed by atoms with van der Waals surface area (Å²) >= 11 is 1.57. The van der Waals surface area contributed by atoms with Crippen molar-refractivity contribution >= 4 is 35.3 Å². The summed E-state index contributed by atoms with van der Waals surface area (Å²) in [5, 5.41) is 5.43. The summed E-state index contributed by atoms with van der Waals surface area (Å²) in [5.74, 6) is -0.727. The first-order valence-electron chi connectivity index (χ1n) is 7.53. The summed E-state index contributed by atoms with van der Waals surface area (Å²) in [7, 11) is 0. The van der Waals surface area contributed by atoms with Crippen LogP contribution < -0.4 is 10.6 Å². The lowest BCUT2D eigenvalue weighted by atomic mass is 9.93. The van der Waals surface area contributed by atoms with Crippen LogP contribution in [0.2, 0.25) is 0 Å². The SMILES string of the molecule is CCC1(CC)NC(=O)N(CC(=O)Nc2cccc(SC)c2)C1=O.